The molecule has 4 aromatic rings. The van der Waals surface area contributed by atoms with Crippen molar-refractivity contribution in [3.05, 3.63) is 112 Å². The van der Waals surface area contributed by atoms with Crippen LogP contribution < -0.4 is 4.74 Å². The Labute approximate surface area is 299 Å². The van der Waals surface area contributed by atoms with Crippen LogP contribution in [0.15, 0.2) is 78.9 Å². The monoisotopic (exact) mass is 714 g/mol. The minimum Gasteiger partial charge on any atom is -0.491 e. The molecular weight excluding hydrogens is 680 g/mol. The summed E-state index contributed by atoms with van der Waals surface area (Å²) in [5.41, 5.74) is 1.79. The molecule has 5 rings (SSSR count). The molecule has 0 atom stereocenters. The van der Waals surface area contributed by atoms with Crippen molar-refractivity contribution in [2.24, 2.45) is 0 Å². The lowest BCUT2D eigenvalue weighted by Crippen LogP contribution is -2.42. The molecule has 0 N–H and O–H groups in total. The minimum absolute atomic E-state index is 0.0276. The van der Waals surface area contributed by atoms with Gasteiger partial charge < -0.3 is 18.9 Å². The van der Waals surface area contributed by atoms with E-state index in [2.05, 4.69) is 10.2 Å². The van der Waals surface area contributed by atoms with Crippen LogP contribution in [-0.4, -0.2) is 82.4 Å². The van der Waals surface area contributed by atoms with Crippen LogP contribution >= 0.6 is 11.6 Å². The van der Waals surface area contributed by atoms with Gasteiger partial charge in [-0.25, -0.2) is 19.3 Å². The Hall–Kier alpha value is -5.82. The van der Waals surface area contributed by atoms with E-state index in [9.17, 15) is 24.0 Å². The molecule has 264 valence electrons. The Kier molecular flexibility index (Phi) is 11.3. The molecule has 3 aromatic carbocycles. The van der Waals surface area contributed by atoms with Crippen LogP contribution in [-0.2, 0) is 27.2 Å². The highest BCUT2D eigenvalue weighted by Gasteiger charge is 2.35. The van der Waals surface area contributed by atoms with Crippen molar-refractivity contribution in [2.75, 3.05) is 26.8 Å². The normalized spacial score (nSPS) is 12.3. The van der Waals surface area contributed by atoms with Crippen molar-refractivity contribution < 1.29 is 42.9 Å². The van der Waals surface area contributed by atoms with Crippen LogP contribution in [0.4, 0.5) is 9.59 Å². The summed E-state index contributed by atoms with van der Waals surface area (Å²) in [5, 5.41) is 8.32. The van der Waals surface area contributed by atoms with Crippen LogP contribution in [0.1, 0.15) is 63.0 Å². The molecule has 0 fully saturated rings. The molecule has 2 heterocycles. The highest BCUT2D eigenvalue weighted by Crippen LogP contribution is 2.32. The highest BCUT2D eigenvalue weighted by molar-refractivity contribution is 6.30. The van der Waals surface area contributed by atoms with Crippen LogP contribution in [0.3, 0.4) is 0 Å². The van der Waals surface area contributed by atoms with Crippen LogP contribution in [0.5, 0.6) is 5.75 Å². The minimum atomic E-state index is -0.904. The average Bonchev–Trinajstić information content (AvgIpc) is 3.35. The SMILES string of the molecule is COC(=O)c1ccc(-c2cc(CCN(C(=O)OCc3ccccc3)C(=O)OC(C)(C)C)c(Cl)nn2)c(OCCN2C(=O)c3ccccc3C2=O)c1. The van der Waals surface area contributed by atoms with Crippen LogP contribution in [0.2, 0.25) is 5.15 Å². The number of methoxy groups -OCH3 is 1. The number of esters is 1. The second-order valence-electron chi connectivity index (χ2n) is 12.3. The van der Waals surface area contributed by atoms with E-state index in [0.717, 1.165) is 15.4 Å². The lowest BCUT2D eigenvalue weighted by Gasteiger charge is -2.26. The first-order chi connectivity index (χ1) is 24.4. The number of ether oxygens (including phenoxy) is 4. The summed E-state index contributed by atoms with van der Waals surface area (Å²) in [7, 11) is 1.24. The van der Waals surface area contributed by atoms with Gasteiger partial charge in [0.1, 0.15) is 24.6 Å². The molecule has 51 heavy (non-hydrogen) atoms. The summed E-state index contributed by atoms with van der Waals surface area (Å²) < 4.78 is 21.8. The predicted molar refractivity (Wildman–Crippen MR) is 184 cm³/mol. The van der Waals surface area contributed by atoms with Crippen molar-refractivity contribution >= 4 is 41.6 Å². The zero-order chi connectivity index (χ0) is 36.7. The highest BCUT2D eigenvalue weighted by atomic mass is 35.5. The lowest BCUT2D eigenvalue weighted by molar-refractivity contribution is 0.0210. The van der Waals surface area contributed by atoms with E-state index in [0.29, 0.717) is 22.3 Å². The Morgan fingerprint density at radius 1 is 0.843 bits per heavy atom. The van der Waals surface area contributed by atoms with Gasteiger partial charge in [0.2, 0.25) is 0 Å². The first-order valence-electron chi connectivity index (χ1n) is 15.9. The quantitative estimate of drug-likeness (QED) is 0.0966. The molecule has 14 heteroatoms. The maximum atomic E-state index is 13.1. The Balaban J connectivity index is 1.35. The summed E-state index contributed by atoms with van der Waals surface area (Å²) in [4.78, 5) is 66.3. The zero-order valence-electron chi connectivity index (χ0n) is 28.4. The van der Waals surface area contributed by atoms with E-state index in [1.54, 1.807) is 81.4 Å². The standard InChI is InChI=1S/C37H35ClN4O9/c1-37(2,3)51-36(47)42(35(46)50-22-23-10-6-5-7-11-23)17-16-24-20-29(39-40-31(24)38)28-15-14-25(34(45)48-4)21-30(28)49-19-18-41-32(43)26-12-8-9-13-27(26)33(41)44/h5-15,20-21H,16-19,22H2,1-4H3. The first-order valence-corrected chi connectivity index (χ1v) is 16.3. The summed E-state index contributed by atoms with van der Waals surface area (Å²) >= 11 is 6.44. The van der Waals surface area contributed by atoms with Gasteiger partial charge in [0.15, 0.2) is 5.15 Å². The fourth-order valence-corrected chi connectivity index (χ4v) is 5.30. The van der Waals surface area contributed by atoms with Crippen molar-refractivity contribution in [1.82, 2.24) is 20.0 Å². The van der Waals surface area contributed by atoms with E-state index in [1.807, 2.05) is 6.07 Å². The molecule has 0 radical (unpaired) electrons. The number of aromatic nitrogens is 2. The van der Waals surface area contributed by atoms with Gasteiger partial charge in [-0.2, -0.15) is 0 Å². The number of hydrogen-bond donors (Lipinski definition) is 0. The van der Waals surface area contributed by atoms with E-state index >= 15 is 0 Å². The number of nitrogens with zero attached hydrogens (tertiary/aromatic N) is 4. The average molecular weight is 715 g/mol. The Bertz CT molecular complexity index is 1930. The maximum Gasteiger partial charge on any atom is 0.419 e. The van der Waals surface area contributed by atoms with Gasteiger partial charge in [-0.3, -0.25) is 14.5 Å². The smallest absolute Gasteiger partial charge is 0.419 e. The number of benzene rings is 3. The molecule has 1 aliphatic heterocycles. The summed E-state index contributed by atoms with van der Waals surface area (Å²) in [5.74, 6) is -1.28. The van der Waals surface area contributed by atoms with Crippen molar-refractivity contribution in [2.45, 2.75) is 39.4 Å². The number of amides is 4. The zero-order valence-corrected chi connectivity index (χ0v) is 29.1. The van der Waals surface area contributed by atoms with Gasteiger partial charge in [0.25, 0.3) is 11.8 Å². The van der Waals surface area contributed by atoms with Gasteiger partial charge in [0, 0.05) is 12.1 Å². The van der Waals surface area contributed by atoms with Crippen molar-refractivity contribution in [3.63, 3.8) is 0 Å². The van der Waals surface area contributed by atoms with Gasteiger partial charge in [0.05, 0.1) is 36.0 Å². The number of carbonyl (C=O) groups is 5. The van der Waals surface area contributed by atoms with Crippen LogP contribution in [0.25, 0.3) is 11.3 Å². The first kappa shape index (κ1) is 36.5. The van der Waals surface area contributed by atoms with Crippen molar-refractivity contribution in [3.8, 4) is 17.0 Å². The molecule has 1 aromatic heterocycles. The van der Waals surface area contributed by atoms with Crippen molar-refractivity contribution in [1.29, 1.82) is 0 Å². The van der Waals surface area contributed by atoms with Gasteiger partial charge in [-0.15, -0.1) is 10.2 Å². The summed E-state index contributed by atoms with van der Waals surface area (Å²) in [6.07, 6.45) is -1.75. The number of carbonyl (C=O) groups excluding carboxylic acids is 5. The molecule has 0 saturated carbocycles. The van der Waals surface area contributed by atoms with E-state index in [1.165, 1.54) is 19.2 Å². The van der Waals surface area contributed by atoms with Gasteiger partial charge >= 0.3 is 18.2 Å². The molecule has 0 bridgehead atoms. The predicted octanol–water partition coefficient (Wildman–Crippen LogP) is 6.38. The second kappa shape index (κ2) is 15.8. The molecule has 13 nitrogen and oxygen atoms in total. The van der Waals surface area contributed by atoms with Gasteiger partial charge in [-0.1, -0.05) is 54.1 Å². The van der Waals surface area contributed by atoms with E-state index in [4.69, 9.17) is 30.5 Å². The van der Waals surface area contributed by atoms with E-state index < -0.39 is 35.6 Å². The third-order valence-electron chi connectivity index (χ3n) is 7.59. The van der Waals surface area contributed by atoms with Crippen LogP contribution in [0, 0.1) is 0 Å². The largest absolute Gasteiger partial charge is 0.491 e. The fraction of sp³-hybridized carbons (Fsp3) is 0.270. The number of imide groups is 2. The molecule has 0 spiro atoms. The number of rotatable bonds is 11. The maximum absolute atomic E-state index is 13.1. The third-order valence-corrected chi connectivity index (χ3v) is 7.91. The number of hydrogen-bond acceptors (Lipinski definition) is 11. The second-order valence-corrected chi connectivity index (χ2v) is 12.7. The van der Waals surface area contributed by atoms with E-state index in [-0.39, 0.29) is 54.9 Å². The summed E-state index contributed by atoms with van der Waals surface area (Å²) in [6.45, 7) is 4.65. The number of fused-ring (bicyclic) bond motifs is 1. The fourth-order valence-electron chi connectivity index (χ4n) is 5.11. The molecule has 0 unspecified atom stereocenters. The Morgan fingerprint density at radius 2 is 1.51 bits per heavy atom. The lowest BCUT2D eigenvalue weighted by atomic mass is 10.0. The van der Waals surface area contributed by atoms with Gasteiger partial charge in [-0.05, 0) is 74.7 Å². The molecule has 4 amide bonds. The molecule has 1 aliphatic rings. The Morgan fingerprint density at radius 3 is 2.16 bits per heavy atom. The summed E-state index contributed by atoms with van der Waals surface area (Å²) in [6, 6.07) is 21.7. The topological polar surface area (TPSA) is 155 Å². The molecule has 0 aliphatic carbocycles. The molecular formula is C37H35ClN4O9. The third kappa shape index (κ3) is 8.86. The number of halogens is 1. The molecule has 0 saturated heterocycles.